The van der Waals surface area contributed by atoms with Crippen LogP contribution in [0.4, 0.5) is 21.0 Å². The van der Waals surface area contributed by atoms with Crippen molar-refractivity contribution < 1.29 is 23.9 Å². The van der Waals surface area contributed by atoms with E-state index in [-0.39, 0.29) is 24.7 Å². The van der Waals surface area contributed by atoms with Gasteiger partial charge in [0.1, 0.15) is 0 Å². The topological polar surface area (TPSA) is 112 Å². The second-order valence-electron chi connectivity index (χ2n) is 7.21. The number of benzene rings is 1. The van der Waals surface area contributed by atoms with E-state index in [0.29, 0.717) is 24.2 Å². The normalized spacial score (nSPS) is 10.6. The lowest BCUT2D eigenvalue weighted by atomic mass is 10.1. The maximum absolute atomic E-state index is 12.0. The van der Waals surface area contributed by atoms with Crippen molar-refractivity contribution in [3.05, 3.63) is 23.8 Å². The summed E-state index contributed by atoms with van der Waals surface area (Å²) in [6.45, 7) is 2.13. The van der Waals surface area contributed by atoms with Crippen LogP contribution in [-0.2, 0) is 9.47 Å². The second-order valence-corrected chi connectivity index (χ2v) is 7.21. The summed E-state index contributed by atoms with van der Waals surface area (Å²) < 4.78 is 10.3. The lowest BCUT2D eigenvalue weighted by molar-refractivity contribution is 0.0962. The van der Waals surface area contributed by atoms with E-state index in [1.165, 1.54) is 25.2 Å². The van der Waals surface area contributed by atoms with Crippen LogP contribution in [-0.4, -0.2) is 89.4 Å². The average Bonchev–Trinajstić information content (AvgIpc) is 2.67. The zero-order chi connectivity index (χ0) is 22.5. The number of amides is 3. The van der Waals surface area contributed by atoms with Gasteiger partial charge in [-0.3, -0.25) is 15.4 Å². The van der Waals surface area contributed by atoms with Crippen LogP contribution >= 0.6 is 0 Å². The van der Waals surface area contributed by atoms with Gasteiger partial charge in [0.25, 0.3) is 5.91 Å². The number of rotatable bonds is 11. The molecular weight excluding hydrogens is 390 g/mol. The molecule has 3 N–H and O–H groups in total. The Hall–Kier alpha value is -2.85. The van der Waals surface area contributed by atoms with Crippen LogP contribution in [0.5, 0.6) is 0 Å². The number of hydrogen-bond acceptors (Lipinski definition) is 7. The van der Waals surface area contributed by atoms with Crippen molar-refractivity contribution in [1.29, 1.82) is 0 Å². The molecule has 0 saturated carbocycles. The van der Waals surface area contributed by atoms with Gasteiger partial charge in [-0.1, -0.05) is 0 Å². The Bertz CT molecular complexity index is 661. The Kier molecular flexibility index (Phi) is 11.2. The number of nitrogens with one attached hydrogen (secondary N) is 3. The Morgan fingerprint density at radius 1 is 0.800 bits per heavy atom. The van der Waals surface area contributed by atoms with E-state index in [0.717, 1.165) is 13.1 Å². The summed E-state index contributed by atoms with van der Waals surface area (Å²) in [6.07, 6.45) is 0.121. The predicted octanol–water partition coefficient (Wildman–Crippen LogP) is 2.05. The zero-order valence-corrected chi connectivity index (χ0v) is 18.4. The van der Waals surface area contributed by atoms with Gasteiger partial charge in [0, 0.05) is 37.1 Å². The third kappa shape index (κ3) is 10.6. The molecule has 0 unspecified atom stereocenters. The molecule has 30 heavy (non-hydrogen) atoms. The molecule has 1 aromatic carbocycles. The molecule has 0 fully saturated rings. The smallest absolute Gasteiger partial charge is 0.411 e. The molecule has 3 amide bonds. The fourth-order valence-corrected chi connectivity index (χ4v) is 2.45. The summed E-state index contributed by atoms with van der Waals surface area (Å²) >= 11 is 0. The number of carbonyl (C=O) groups is 3. The van der Waals surface area contributed by atoms with Crippen molar-refractivity contribution in [3.63, 3.8) is 0 Å². The van der Waals surface area contributed by atoms with Crippen molar-refractivity contribution in [1.82, 2.24) is 15.1 Å². The molecule has 0 radical (unpaired) electrons. The average molecular weight is 424 g/mol. The molecule has 0 atom stereocenters. The van der Waals surface area contributed by atoms with Crippen LogP contribution in [0.2, 0.25) is 0 Å². The van der Waals surface area contributed by atoms with Crippen LogP contribution in [0.25, 0.3) is 0 Å². The molecule has 1 aromatic rings. The summed E-state index contributed by atoms with van der Waals surface area (Å²) in [7, 11) is 9.24. The van der Waals surface area contributed by atoms with Gasteiger partial charge >= 0.3 is 12.2 Å². The molecular formula is C20H33N5O5. The van der Waals surface area contributed by atoms with E-state index in [2.05, 4.69) is 16.0 Å². The Morgan fingerprint density at radius 2 is 1.23 bits per heavy atom. The van der Waals surface area contributed by atoms with Crippen molar-refractivity contribution in [2.45, 2.75) is 12.8 Å². The van der Waals surface area contributed by atoms with Crippen molar-refractivity contribution in [2.75, 3.05) is 72.2 Å². The molecule has 0 aliphatic rings. The minimum Gasteiger partial charge on any atom is -0.449 e. The Labute approximate surface area is 177 Å². The molecule has 1 rings (SSSR count). The predicted molar refractivity (Wildman–Crippen MR) is 116 cm³/mol. The van der Waals surface area contributed by atoms with Gasteiger partial charge in [0.05, 0.1) is 13.2 Å². The van der Waals surface area contributed by atoms with Crippen LogP contribution in [0.1, 0.15) is 23.2 Å². The molecule has 0 bridgehead atoms. The summed E-state index contributed by atoms with van der Waals surface area (Å²) in [5.41, 5.74) is 0.902. The van der Waals surface area contributed by atoms with Crippen LogP contribution < -0.4 is 16.0 Å². The highest BCUT2D eigenvalue weighted by Gasteiger charge is 2.12. The first kappa shape index (κ1) is 25.2. The highest BCUT2D eigenvalue weighted by atomic mass is 16.6. The lowest BCUT2D eigenvalue weighted by Gasteiger charge is -2.13. The highest BCUT2D eigenvalue weighted by molar-refractivity contribution is 5.98. The number of nitrogens with zero attached hydrogens (tertiary/aromatic N) is 2. The maximum Gasteiger partial charge on any atom is 0.411 e. The Balaban J connectivity index is 2.72. The van der Waals surface area contributed by atoms with Crippen molar-refractivity contribution in [2.24, 2.45) is 0 Å². The third-order valence-corrected chi connectivity index (χ3v) is 3.88. The molecule has 0 spiro atoms. The minimum atomic E-state index is -0.639. The third-order valence-electron chi connectivity index (χ3n) is 3.88. The summed E-state index contributed by atoms with van der Waals surface area (Å²) in [6, 6.07) is 4.51. The monoisotopic (exact) mass is 423 g/mol. The van der Waals surface area contributed by atoms with Gasteiger partial charge in [0.15, 0.2) is 0 Å². The SMILES string of the molecule is CNC(=O)c1cc(NC(=O)OCCCN(C)C)cc(NC(=O)OCCCN(C)C)c1. The van der Waals surface area contributed by atoms with Gasteiger partial charge in [0.2, 0.25) is 0 Å². The quantitative estimate of drug-likeness (QED) is 0.467. The van der Waals surface area contributed by atoms with E-state index in [9.17, 15) is 14.4 Å². The van der Waals surface area contributed by atoms with E-state index >= 15 is 0 Å². The molecule has 10 heteroatoms. The first-order valence-electron chi connectivity index (χ1n) is 9.75. The fraction of sp³-hybridized carbons (Fsp3) is 0.550. The molecule has 0 heterocycles. The first-order valence-corrected chi connectivity index (χ1v) is 9.75. The highest BCUT2D eigenvalue weighted by Crippen LogP contribution is 2.20. The van der Waals surface area contributed by atoms with Gasteiger partial charge in [-0.15, -0.1) is 0 Å². The molecule has 0 aliphatic heterocycles. The summed E-state index contributed by atoms with van der Waals surface area (Å²) in [5, 5.41) is 7.66. The van der Waals surface area contributed by atoms with E-state index in [1.54, 1.807) is 0 Å². The van der Waals surface area contributed by atoms with Crippen LogP contribution in [0.15, 0.2) is 18.2 Å². The molecule has 168 valence electrons. The van der Waals surface area contributed by atoms with Crippen LogP contribution in [0, 0.1) is 0 Å². The number of hydrogen-bond donors (Lipinski definition) is 3. The first-order chi connectivity index (χ1) is 14.2. The molecule has 0 aromatic heterocycles. The minimum absolute atomic E-state index is 0.267. The second kappa shape index (κ2) is 13.4. The van der Waals surface area contributed by atoms with E-state index < -0.39 is 12.2 Å². The molecule has 10 nitrogen and oxygen atoms in total. The van der Waals surface area contributed by atoms with Crippen molar-refractivity contribution >= 4 is 29.5 Å². The van der Waals surface area contributed by atoms with Crippen molar-refractivity contribution in [3.8, 4) is 0 Å². The van der Waals surface area contributed by atoms with Crippen LogP contribution in [0.3, 0.4) is 0 Å². The number of ether oxygens (including phenoxy) is 2. The zero-order valence-electron chi connectivity index (χ0n) is 18.4. The largest absolute Gasteiger partial charge is 0.449 e. The summed E-state index contributed by atoms with van der Waals surface area (Å²) in [5.74, 6) is -0.361. The number of carbonyl (C=O) groups excluding carboxylic acids is 3. The Morgan fingerprint density at radius 3 is 1.60 bits per heavy atom. The summed E-state index contributed by atoms with van der Waals surface area (Å²) in [4.78, 5) is 40.0. The van der Waals surface area contributed by atoms with Gasteiger partial charge < -0.3 is 24.6 Å². The van der Waals surface area contributed by atoms with Gasteiger partial charge in [-0.05, 0) is 59.2 Å². The number of anilines is 2. The van der Waals surface area contributed by atoms with E-state index in [1.807, 2.05) is 38.0 Å². The lowest BCUT2D eigenvalue weighted by Crippen LogP contribution is -2.21. The molecule has 0 saturated heterocycles. The fourth-order valence-electron chi connectivity index (χ4n) is 2.45. The molecule has 0 aliphatic carbocycles. The van der Waals surface area contributed by atoms with Gasteiger partial charge in [-0.2, -0.15) is 0 Å². The maximum atomic E-state index is 12.0. The standard InChI is InChI=1S/C20H33N5O5/c1-21-18(26)15-12-16(22-19(27)29-10-6-8-24(2)3)14-17(13-15)23-20(28)30-11-7-9-25(4)5/h12-14H,6-11H2,1-5H3,(H,21,26)(H,22,27)(H,23,28). The van der Waals surface area contributed by atoms with E-state index in [4.69, 9.17) is 9.47 Å². The van der Waals surface area contributed by atoms with Gasteiger partial charge in [-0.25, -0.2) is 9.59 Å².